The summed E-state index contributed by atoms with van der Waals surface area (Å²) in [6, 6.07) is 15.2. The molecule has 2 aromatic rings. The molecule has 1 aliphatic heterocycles. The van der Waals surface area contributed by atoms with Crippen molar-refractivity contribution in [3.05, 3.63) is 65.5 Å². The molecule has 168 valence electrons. The quantitative estimate of drug-likeness (QED) is 0.501. The Hall–Kier alpha value is -2.64. The van der Waals surface area contributed by atoms with Gasteiger partial charge in [-0.05, 0) is 37.2 Å². The minimum atomic E-state index is -0.354. The van der Waals surface area contributed by atoms with Crippen LogP contribution in [0, 0.1) is 5.82 Å². The van der Waals surface area contributed by atoms with Crippen LogP contribution < -0.4 is 15.4 Å². The summed E-state index contributed by atoms with van der Waals surface area (Å²) in [7, 11) is 3.91. The van der Waals surface area contributed by atoms with Crippen LogP contribution in [0.4, 0.5) is 4.39 Å². The van der Waals surface area contributed by atoms with Crippen molar-refractivity contribution in [3.8, 4) is 5.75 Å². The molecule has 0 aromatic heterocycles. The number of likely N-dealkylation sites (N-methyl/N-ethyl adjacent to an activating group) is 1. The first-order chi connectivity index (χ1) is 15.0. The van der Waals surface area contributed by atoms with Gasteiger partial charge in [0.25, 0.3) is 0 Å². The van der Waals surface area contributed by atoms with Crippen molar-refractivity contribution < 1.29 is 9.13 Å². The number of para-hydroxylation sites is 1. The summed E-state index contributed by atoms with van der Waals surface area (Å²) in [6.07, 6.45) is -0.204. The summed E-state index contributed by atoms with van der Waals surface area (Å²) in [5.41, 5.74) is 2.54. The van der Waals surface area contributed by atoms with Crippen LogP contribution in [-0.4, -0.2) is 68.7 Å². The van der Waals surface area contributed by atoms with Gasteiger partial charge in [-0.3, -0.25) is 9.89 Å². The standard InChI is InChI=1S/C24H34FN5O/c1-19(31-23-7-5-4-6-22(23)25)16-27-24(26-2)28-17-20-8-10-21(11-9-20)18-30-14-12-29(3)13-15-30/h4-11,19H,12-18H2,1-3H3,(H2,26,27,28). The Balaban J connectivity index is 1.40. The van der Waals surface area contributed by atoms with Gasteiger partial charge in [-0.15, -0.1) is 0 Å². The highest BCUT2D eigenvalue weighted by Crippen LogP contribution is 2.16. The molecule has 0 bridgehead atoms. The second kappa shape index (κ2) is 11.7. The first-order valence-electron chi connectivity index (χ1n) is 10.9. The lowest BCUT2D eigenvalue weighted by atomic mass is 10.1. The van der Waals surface area contributed by atoms with Gasteiger partial charge < -0.3 is 20.3 Å². The van der Waals surface area contributed by atoms with Gasteiger partial charge in [0.15, 0.2) is 17.5 Å². The van der Waals surface area contributed by atoms with E-state index in [2.05, 4.69) is 56.7 Å². The topological polar surface area (TPSA) is 52.1 Å². The van der Waals surface area contributed by atoms with Crippen molar-refractivity contribution in [2.45, 2.75) is 26.1 Å². The average molecular weight is 428 g/mol. The van der Waals surface area contributed by atoms with Crippen molar-refractivity contribution in [2.75, 3.05) is 46.8 Å². The van der Waals surface area contributed by atoms with Crippen LogP contribution >= 0.6 is 0 Å². The van der Waals surface area contributed by atoms with E-state index < -0.39 is 0 Å². The Labute approximate surface area is 185 Å². The number of nitrogens with zero attached hydrogens (tertiary/aromatic N) is 3. The van der Waals surface area contributed by atoms with E-state index in [0.717, 1.165) is 32.7 Å². The van der Waals surface area contributed by atoms with E-state index in [4.69, 9.17) is 4.74 Å². The van der Waals surface area contributed by atoms with Gasteiger partial charge in [-0.2, -0.15) is 0 Å². The van der Waals surface area contributed by atoms with E-state index >= 15 is 0 Å². The normalized spacial score (nSPS) is 16.7. The Morgan fingerprint density at radius 3 is 2.39 bits per heavy atom. The summed E-state index contributed by atoms with van der Waals surface area (Å²) < 4.78 is 19.4. The number of hydrogen-bond donors (Lipinski definition) is 2. The molecule has 3 rings (SSSR count). The molecule has 1 aliphatic rings. The monoisotopic (exact) mass is 427 g/mol. The van der Waals surface area contributed by atoms with Crippen LogP contribution in [-0.2, 0) is 13.1 Å². The van der Waals surface area contributed by atoms with Crippen LogP contribution in [0.15, 0.2) is 53.5 Å². The number of rotatable bonds is 8. The number of halogens is 1. The lowest BCUT2D eigenvalue weighted by Crippen LogP contribution is -2.43. The number of aliphatic imine (C=N–C) groups is 1. The van der Waals surface area contributed by atoms with Crippen LogP contribution in [0.25, 0.3) is 0 Å². The highest BCUT2D eigenvalue weighted by Gasteiger charge is 2.13. The molecule has 0 spiro atoms. The second-order valence-electron chi connectivity index (χ2n) is 8.06. The molecule has 7 heteroatoms. The van der Waals surface area contributed by atoms with Gasteiger partial charge in [0.2, 0.25) is 0 Å². The molecule has 1 unspecified atom stereocenters. The van der Waals surface area contributed by atoms with Crippen LogP contribution in [0.2, 0.25) is 0 Å². The maximum absolute atomic E-state index is 13.7. The molecule has 2 N–H and O–H groups in total. The molecule has 1 heterocycles. The minimum absolute atomic E-state index is 0.204. The highest BCUT2D eigenvalue weighted by molar-refractivity contribution is 5.79. The second-order valence-corrected chi connectivity index (χ2v) is 8.06. The molecule has 0 amide bonds. The van der Waals surface area contributed by atoms with Crippen molar-refractivity contribution >= 4 is 5.96 Å². The van der Waals surface area contributed by atoms with Crippen molar-refractivity contribution in [1.82, 2.24) is 20.4 Å². The fourth-order valence-electron chi connectivity index (χ4n) is 3.47. The predicted molar refractivity (Wildman–Crippen MR) is 124 cm³/mol. The third-order valence-electron chi connectivity index (χ3n) is 5.43. The van der Waals surface area contributed by atoms with Crippen molar-refractivity contribution in [2.24, 2.45) is 4.99 Å². The molecule has 0 radical (unpaired) electrons. The first kappa shape index (κ1) is 23.0. The Morgan fingerprint density at radius 1 is 1.03 bits per heavy atom. The number of hydrogen-bond acceptors (Lipinski definition) is 4. The first-order valence-corrected chi connectivity index (χ1v) is 10.9. The molecule has 0 saturated carbocycles. The van der Waals surface area contributed by atoms with Crippen molar-refractivity contribution in [1.29, 1.82) is 0 Å². The van der Waals surface area contributed by atoms with Gasteiger partial charge in [0.1, 0.15) is 6.10 Å². The van der Waals surface area contributed by atoms with Gasteiger partial charge in [-0.25, -0.2) is 4.39 Å². The van der Waals surface area contributed by atoms with E-state index in [9.17, 15) is 4.39 Å². The molecule has 31 heavy (non-hydrogen) atoms. The maximum atomic E-state index is 13.7. The fraction of sp³-hybridized carbons (Fsp3) is 0.458. The summed E-state index contributed by atoms with van der Waals surface area (Å²) in [6.45, 7) is 8.61. The number of guanidine groups is 1. The van der Waals surface area contributed by atoms with Gasteiger partial charge in [-0.1, -0.05) is 36.4 Å². The molecule has 0 aliphatic carbocycles. The zero-order valence-corrected chi connectivity index (χ0v) is 18.8. The third-order valence-corrected chi connectivity index (χ3v) is 5.43. The van der Waals surface area contributed by atoms with Crippen LogP contribution in [0.1, 0.15) is 18.1 Å². The lowest BCUT2D eigenvalue weighted by molar-refractivity contribution is 0.148. The Morgan fingerprint density at radius 2 is 1.71 bits per heavy atom. The summed E-state index contributed by atoms with van der Waals surface area (Å²) in [4.78, 5) is 9.13. The zero-order valence-electron chi connectivity index (χ0n) is 18.8. The van der Waals surface area contributed by atoms with Gasteiger partial charge in [0.05, 0.1) is 6.54 Å². The average Bonchev–Trinajstić information content (AvgIpc) is 2.78. The molecule has 6 nitrogen and oxygen atoms in total. The van der Waals surface area contributed by atoms with Crippen LogP contribution in [0.3, 0.4) is 0 Å². The number of nitrogens with one attached hydrogen (secondary N) is 2. The lowest BCUT2D eigenvalue weighted by Gasteiger charge is -2.32. The fourth-order valence-corrected chi connectivity index (χ4v) is 3.47. The summed E-state index contributed by atoms with van der Waals surface area (Å²) in [5, 5.41) is 6.54. The summed E-state index contributed by atoms with van der Waals surface area (Å²) in [5.74, 6) is 0.592. The van der Waals surface area contributed by atoms with E-state index in [0.29, 0.717) is 19.0 Å². The molecule has 1 saturated heterocycles. The summed E-state index contributed by atoms with van der Waals surface area (Å²) >= 11 is 0. The Kier molecular flexibility index (Phi) is 8.67. The SMILES string of the molecule is CN=C(NCc1ccc(CN2CCN(C)CC2)cc1)NCC(C)Oc1ccccc1F. The largest absolute Gasteiger partial charge is 0.486 e. The van der Waals surface area contributed by atoms with E-state index in [1.165, 1.54) is 17.2 Å². The van der Waals surface area contributed by atoms with Gasteiger partial charge >= 0.3 is 0 Å². The number of piperazine rings is 1. The molecule has 2 aromatic carbocycles. The molecular weight excluding hydrogens is 393 g/mol. The van der Waals surface area contributed by atoms with Gasteiger partial charge in [0, 0.05) is 46.3 Å². The van der Waals surface area contributed by atoms with E-state index in [-0.39, 0.29) is 17.7 Å². The number of benzene rings is 2. The predicted octanol–water partition coefficient (Wildman–Crippen LogP) is 2.71. The Bertz CT molecular complexity index is 834. The van der Waals surface area contributed by atoms with Crippen LogP contribution in [0.5, 0.6) is 5.75 Å². The zero-order chi connectivity index (χ0) is 22.1. The minimum Gasteiger partial charge on any atom is -0.486 e. The molecular formula is C24H34FN5O. The van der Waals surface area contributed by atoms with E-state index in [1.54, 1.807) is 25.2 Å². The smallest absolute Gasteiger partial charge is 0.191 e. The van der Waals surface area contributed by atoms with Crippen molar-refractivity contribution in [3.63, 3.8) is 0 Å². The maximum Gasteiger partial charge on any atom is 0.191 e. The molecule has 1 atom stereocenters. The third kappa shape index (κ3) is 7.52. The highest BCUT2D eigenvalue weighted by atomic mass is 19.1. The van der Waals surface area contributed by atoms with E-state index in [1.807, 2.05) is 6.92 Å². The molecule has 1 fully saturated rings. The number of ether oxygens (including phenoxy) is 1.